The van der Waals surface area contributed by atoms with Gasteiger partial charge in [0.1, 0.15) is 0 Å². The van der Waals surface area contributed by atoms with Crippen LogP contribution in [0.15, 0.2) is 0 Å². The number of hydrogen-bond donors (Lipinski definition) is 0. The molecule has 0 saturated carbocycles. The van der Waals surface area contributed by atoms with Crippen molar-refractivity contribution in [2.24, 2.45) is 0 Å². The van der Waals surface area contributed by atoms with Crippen LogP contribution in [0.1, 0.15) is 90.4 Å². The SMILES string of the molecule is [CH2-]CCCCCCCCCCCCCC.[K+]. The second-order valence-electron chi connectivity index (χ2n) is 4.74. The zero-order valence-corrected chi connectivity index (χ0v) is 15.0. The molecule has 0 aromatic carbocycles. The molecule has 0 aliphatic heterocycles. The Hall–Kier alpha value is 1.64. The fourth-order valence-corrected chi connectivity index (χ4v) is 2.02. The van der Waals surface area contributed by atoms with Gasteiger partial charge in [0.05, 0.1) is 0 Å². The molecule has 92 valence electrons. The molecule has 0 radical (unpaired) electrons. The van der Waals surface area contributed by atoms with Gasteiger partial charge < -0.3 is 6.92 Å². The van der Waals surface area contributed by atoms with Crippen LogP contribution < -0.4 is 51.4 Å². The molecule has 0 bridgehead atoms. The van der Waals surface area contributed by atoms with E-state index in [0.717, 1.165) is 6.42 Å². The van der Waals surface area contributed by atoms with E-state index in [1.54, 1.807) is 0 Å². The zero-order chi connectivity index (χ0) is 11.2. The summed E-state index contributed by atoms with van der Waals surface area (Å²) >= 11 is 0. The van der Waals surface area contributed by atoms with Crippen LogP contribution in [0.25, 0.3) is 0 Å². The Morgan fingerprint density at radius 3 is 1.19 bits per heavy atom. The van der Waals surface area contributed by atoms with Gasteiger partial charge in [-0.25, -0.2) is 0 Å². The summed E-state index contributed by atoms with van der Waals surface area (Å²) in [5.41, 5.74) is 0. The fourth-order valence-electron chi connectivity index (χ4n) is 2.02. The van der Waals surface area contributed by atoms with Crippen LogP contribution in [0.4, 0.5) is 0 Å². The fraction of sp³-hybridized carbons (Fsp3) is 0.933. The van der Waals surface area contributed by atoms with E-state index < -0.39 is 0 Å². The van der Waals surface area contributed by atoms with Gasteiger partial charge in [-0.3, -0.25) is 0 Å². The summed E-state index contributed by atoms with van der Waals surface area (Å²) in [6.45, 7) is 6.15. The molecule has 0 nitrogen and oxygen atoms in total. The summed E-state index contributed by atoms with van der Waals surface area (Å²) < 4.78 is 0. The average molecular weight is 251 g/mol. The molecule has 0 amide bonds. The van der Waals surface area contributed by atoms with Crippen molar-refractivity contribution < 1.29 is 51.4 Å². The standard InChI is InChI=1S/C15H31.K/c1-3-5-7-9-11-13-15-14-12-10-8-6-4-2;/h1,3-15H2,2H3;/q-1;+1. The molecule has 0 saturated heterocycles. The first-order chi connectivity index (χ1) is 7.41. The van der Waals surface area contributed by atoms with Gasteiger partial charge in [-0.05, 0) is 0 Å². The molecule has 0 atom stereocenters. The van der Waals surface area contributed by atoms with Crippen molar-refractivity contribution in [3.05, 3.63) is 6.92 Å². The van der Waals surface area contributed by atoms with Crippen LogP contribution in [0.5, 0.6) is 0 Å². The third-order valence-electron chi connectivity index (χ3n) is 3.10. The molecule has 0 unspecified atom stereocenters. The smallest absolute Gasteiger partial charge is 0.343 e. The minimum Gasteiger partial charge on any atom is -0.343 e. The van der Waals surface area contributed by atoms with Crippen LogP contribution in [-0.4, -0.2) is 0 Å². The zero-order valence-electron chi connectivity index (χ0n) is 11.9. The molecule has 16 heavy (non-hydrogen) atoms. The van der Waals surface area contributed by atoms with Gasteiger partial charge in [-0.15, -0.1) is 0 Å². The van der Waals surface area contributed by atoms with Crippen molar-refractivity contribution in [2.45, 2.75) is 90.4 Å². The van der Waals surface area contributed by atoms with E-state index >= 15 is 0 Å². The maximum Gasteiger partial charge on any atom is 1.00 e. The molecule has 0 spiro atoms. The largest absolute Gasteiger partial charge is 1.00 e. The van der Waals surface area contributed by atoms with Crippen molar-refractivity contribution >= 4 is 0 Å². The topological polar surface area (TPSA) is 0 Å². The summed E-state index contributed by atoms with van der Waals surface area (Å²) in [6, 6.07) is 0. The molecule has 1 heteroatoms. The van der Waals surface area contributed by atoms with E-state index in [0.29, 0.717) is 0 Å². The van der Waals surface area contributed by atoms with E-state index in [-0.39, 0.29) is 51.4 Å². The average Bonchev–Trinajstić information content (AvgIpc) is 2.26. The van der Waals surface area contributed by atoms with E-state index in [9.17, 15) is 0 Å². The predicted octanol–water partition coefficient (Wildman–Crippen LogP) is 2.92. The van der Waals surface area contributed by atoms with Gasteiger partial charge in [0.25, 0.3) is 0 Å². The van der Waals surface area contributed by atoms with Crippen molar-refractivity contribution in [2.75, 3.05) is 0 Å². The van der Waals surface area contributed by atoms with Crippen molar-refractivity contribution in [1.82, 2.24) is 0 Å². The van der Waals surface area contributed by atoms with E-state index in [2.05, 4.69) is 13.8 Å². The van der Waals surface area contributed by atoms with Crippen LogP contribution in [-0.2, 0) is 0 Å². The van der Waals surface area contributed by atoms with Crippen LogP contribution in [0.3, 0.4) is 0 Å². The van der Waals surface area contributed by atoms with Gasteiger partial charge >= 0.3 is 51.4 Å². The van der Waals surface area contributed by atoms with E-state index in [1.165, 1.54) is 77.0 Å². The Morgan fingerprint density at radius 2 is 0.875 bits per heavy atom. The molecular formula is C15H31K. The third-order valence-corrected chi connectivity index (χ3v) is 3.10. The van der Waals surface area contributed by atoms with Crippen LogP contribution in [0.2, 0.25) is 0 Å². The quantitative estimate of drug-likeness (QED) is 0.284. The molecule has 0 aliphatic carbocycles. The second-order valence-corrected chi connectivity index (χ2v) is 4.74. The predicted molar refractivity (Wildman–Crippen MR) is 71.1 cm³/mol. The van der Waals surface area contributed by atoms with Gasteiger partial charge in [0.15, 0.2) is 0 Å². The summed E-state index contributed by atoms with van der Waals surface area (Å²) in [7, 11) is 0. The summed E-state index contributed by atoms with van der Waals surface area (Å²) in [6.07, 6.45) is 18.3. The molecular weight excluding hydrogens is 219 g/mol. The molecule has 0 aliphatic rings. The second kappa shape index (κ2) is 19.0. The van der Waals surface area contributed by atoms with Gasteiger partial charge in [-0.2, -0.15) is 6.42 Å². The number of unbranched alkanes of at least 4 members (excludes halogenated alkanes) is 12. The molecule has 0 fully saturated rings. The normalized spacial score (nSPS) is 10.1. The van der Waals surface area contributed by atoms with Crippen molar-refractivity contribution in [3.63, 3.8) is 0 Å². The molecule has 0 heterocycles. The number of rotatable bonds is 12. The molecule has 0 N–H and O–H groups in total. The van der Waals surface area contributed by atoms with Crippen molar-refractivity contribution in [3.8, 4) is 0 Å². The molecule has 0 aromatic heterocycles. The maximum absolute atomic E-state index is 3.87. The summed E-state index contributed by atoms with van der Waals surface area (Å²) in [5.74, 6) is 0. The first-order valence-electron chi connectivity index (χ1n) is 7.21. The Labute approximate surface area is 147 Å². The molecule has 0 rings (SSSR count). The minimum atomic E-state index is 0. The Balaban J connectivity index is 0. The van der Waals surface area contributed by atoms with Gasteiger partial charge in [-0.1, -0.05) is 84.0 Å². The van der Waals surface area contributed by atoms with Gasteiger partial charge in [0.2, 0.25) is 0 Å². The third kappa shape index (κ3) is 18.0. The van der Waals surface area contributed by atoms with Crippen molar-refractivity contribution in [1.29, 1.82) is 0 Å². The Morgan fingerprint density at radius 1 is 0.562 bits per heavy atom. The first kappa shape index (κ1) is 20.0. The monoisotopic (exact) mass is 250 g/mol. The molecule has 0 aromatic rings. The minimum absolute atomic E-state index is 0. The summed E-state index contributed by atoms with van der Waals surface area (Å²) in [5, 5.41) is 0. The van der Waals surface area contributed by atoms with E-state index in [1.807, 2.05) is 0 Å². The maximum atomic E-state index is 3.87. The van der Waals surface area contributed by atoms with Gasteiger partial charge in [0, 0.05) is 0 Å². The van der Waals surface area contributed by atoms with Crippen LogP contribution in [0, 0.1) is 6.92 Å². The Bertz CT molecular complexity index is 89.6. The number of hydrogen-bond acceptors (Lipinski definition) is 0. The van der Waals surface area contributed by atoms with Crippen LogP contribution >= 0.6 is 0 Å². The van der Waals surface area contributed by atoms with E-state index in [4.69, 9.17) is 0 Å². The summed E-state index contributed by atoms with van der Waals surface area (Å²) in [4.78, 5) is 0. The Kier molecular flexibility index (Phi) is 23.7. The first-order valence-corrected chi connectivity index (χ1v) is 7.21.